The molecule has 1 amide bonds. The molecule has 0 heterocycles. The summed E-state index contributed by atoms with van der Waals surface area (Å²) in [7, 11) is -3.69. The van der Waals surface area contributed by atoms with Crippen molar-refractivity contribution < 1.29 is 17.9 Å². The number of sulfonamides is 1. The molecule has 3 aromatic rings. The molecule has 0 saturated carbocycles. The quantitative estimate of drug-likeness (QED) is 0.488. The molecule has 0 unspecified atom stereocenters. The van der Waals surface area contributed by atoms with Crippen molar-refractivity contribution in [1.29, 1.82) is 0 Å². The number of amides is 1. The molecule has 6 nitrogen and oxygen atoms in total. The highest BCUT2D eigenvalue weighted by molar-refractivity contribution is 9.10. The van der Waals surface area contributed by atoms with Gasteiger partial charge in [-0.3, -0.25) is 4.79 Å². The zero-order valence-corrected chi connectivity index (χ0v) is 18.6. The SMILES string of the molecule is C[C@H](NS(=O)(=O)c1ccc(OCC(=O)Nc2ccccc2Br)cc1)c1ccccc1. The maximum Gasteiger partial charge on any atom is 0.262 e. The molecule has 1 atom stereocenters. The van der Waals surface area contributed by atoms with E-state index in [-0.39, 0.29) is 23.5 Å². The van der Waals surface area contributed by atoms with Gasteiger partial charge in [0.05, 0.1) is 10.6 Å². The molecule has 0 fully saturated rings. The van der Waals surface area contributed by atoms with Crippen LogP contribution in [0.5, 0.6) is 5.75 Å². The summed E-state index contributed by atoms with van der Waals surface area (Å²) in [5.41, 5.74) is 1.52. The first-order chi connectivity index (χ1) is 14.3. The lowest BCUT2D eigenvalue weighted by Gasteiger charge is -2.15. The number of para-hydroxylation sites is 1. The number of benzene rings is 3. The van der Waals surface area contributed by atoms with Crippen molar-refractivity contribution in [2.24, 2.45) is 0 Å². The van der Waals surface area contributed by atoms with Gasteiger partial charge in [0.15, 0.2) is 6.61 Å². The minimum atomic E-state index is -3.69. The van der Waals surface area contributed by atoms with Gasteiger partial charge in [-0.1, -0.05) is 42.5 Å². The Morgan fingerprint density at radius 2 is 1.60 bits per heavy atom. The van der Waals surface area contributed by atoms with Crippen molar-refractivity contribution >= 4 is 37.5 Å². The molecule has 3 rings (SSSR count). The molecule has 30 heavy (non-hydrogen) atoms. The Morgan fingerprint density at radius 3 is 2.27 bits per heavy atom. The van der Waals surface area contributed by atoms with Gasteiger partial charge < -0.3 is 10.1 Å². The lowest BCUT2D eigenvalue weighted by molar-refractivity contribution is -0.118. The topological polar surface area (TPSA) is 84.5 Å². The van der Waals surface area contributed by atoms with Crippen molar-refractivity contribution in [2.45, 2.75) is 17.9 Å². The standard InChI is InChI=1S/C22H21BrN2O4S/c1-16(17-7-3-2-4-8-17)25-30(27,28)19-13-11-18(12-14-19)29-15-22(26)24-21-10-6-5-9-20(21)23/h2-14,16,25H,15H2,1H3,(H,24,26)/t16-/m0/s1. The third-order valence-electron chi connectivity index (χ3n) is 4.28. The van der Waals surface area contributed by atoms with Crippen LogP contribution in [0.1, 0.15) is 18.5 Å². The van der Waals surface area contributed by atoms with Gasteiger partial charge in [-0.2, -0.15) is 0 Å². The van der Waals surface area contributed by atoms with Gasteiger partial charge in [-0.25, -0.2) is 13.1 Å². The fourth-order valence-electron chi connectivity index (χ4n) is 2.72. The molecule has 2 N–H and O–H groups in total. The van der Waals surface area contributed by atoms with Crippen molar-refractivity contribution in [2.75, 3.05) is 11.9 Å². The third-order valence-corrected chi connectivity index (χ3v) is 6.53. The average Bonchev–Trinajstić information content (AvgIpc) is 2.74. The molecule has 8 heteroatoms. The van der Waals surface area contributed by atoms with E-state index in [1.807, 2.05) is 48.5 Å². The van der Waals surface area contributed by atoms with Crippen LogP contribution in [-0.2, 0) is 14.8 Å². The second kappa shape index (κ2) is 9.88. The predicted molar refractivity (Wildman–Crippen MR) is 120 cm³/mol. The van der Waals surface area contributed by atoms with E-state index < -0.39 is 10.0 Å². The minimum Gasteiger partial charge on any atom is -0.484 e. The van der Waals surface area contributed by atoms with Crippen LogP contribution >= 0.6 is 15.9 Å². The van der Waals surface area contributed by atoms with Gasteiger partial charge in [0.2, 0.25) is 10.0 Å². The highest BCUT2D eigenvalue weighted by atomic mass is 79.9. The highest BCUT2D eigenvalue weighted by Crippen LogP contribution is 2.22. The van der Waals surface area contributed by atoms with Crippen molar-refractivity contribution in [3.8, 4) is 5.75 Å². The Hall–Kier alpha value is -2.68. The molecular formula is C22H21BrN2O4S. The van der Waals surface area contributed by atoms with E-state index in [0.717, 1.165) is 10.0 Å². The second-order valence-corrected chi connectivity index (χ2v) is 9.11. The lowest BCUT2D eigenvalue weighted by atomic mass is 10.1. The van der Waals surface area contributed by atoms with Crippen LogP contribution in [-0.4, -0.2) is 20.9 Å². The molecule has 0 aliphatic heterocycles. The fraction of sp³-hybridized carbons (Fsp3) is 0.136. The Balaban J connectivity index is 1.57. The van der Waals surface area contributed by atoms with Gasteiger partial charge >= 0.3 is 0 Å². The molecule has 0 aliphatic rings. The van der Waals surface area contributed by atoms with E-state index in [2.05, 4.69) is 26.0 Å². The molecule has 0 aromatic heterocycles. The number of ether oxygens (including phenoxy) is 1. The molecule has 3 aromatic carbocycles. The van der Waals surface area contributed by atoms with E-state index in [0.29, 0.717) is 11.4 Å². The maximum atomic E-state index is 12.6. The first-order valence-corrected chi connectivity index (χ1v) is 11.5. The summed E-state index contributed by atoms with van der Waals surface area (Å²) < 4.78 is 34.1. The zero-order valence-electron chi connectivity index (χ0n) is 16.2. The van der Waals surface area contributed by atoms with E-state index >= 15 is 0 Å². The van der Waals surface area contributed by atoms with Crippen LogP contribution in [0.2, 0.25) is 0 Å². The maximum absolute atomic E-state index is 12.6. The minimum absolute atomic E-state index is 0.121. The number of nitrogens with one attached hydrogen (secondary N) is 2. The number of hydrogen-bond acceptors (Lipinski definition) is 4. The van der Waals surface area contributed by atoms with Gasteiger partial charge in [0, 0.05) is 10.5 Å². The van der Waals surface area contributed by atoms with Gasteiger partial charge in [0.1, 0.15) is 5.75 Å². The zero-order chi connectivity index (χ0) is 21.6. The third kappa shape index (κ3) is 5.91. The summed E-state index contributed by atoms with van der Waals surface area (Å²) >= 11 is 3.36. The number of halogens is 1. The van der Waals surface area contributed by atoms with Crippen LogP contribution in [0.15, 0.2) is 88.2 Å². The smallest absolute Gasteiger partial charge is 0.262 e. The Bertz CT molecular complexity index is 1100. The van der Waals surface area contributed by atoms with Crippen molar-refractivity contribution in [1.82, 2.24) is 4.72 Å². The van der Waals surface area contributed by atoms with Crippen molar-refractivity contribution in [3.05, 3.63) is 88.9 Å². The summed E-state index contributed by atoms with van der Waals surface area (Å²) in [5.74, 6) is 0.0734. The fourth-order valence-corrected chi connectivity index (χ4v) is 4.34. The first-order valence-electron chi connectivity index (χ1n) is 9.20. The van der Waals surface area contributed by atoms with Crippen LogP contribution < -0.4 is 14.8 Å². The number of hydrogen-bond donors (Lipinski definition) is 2. The number of rotatable bonds is 8. The molecule has 0 saturated heterocycles. The van der Waals surface area contributed by atoms with E-state index in [4.69, 9.17) is 4.74 Å². The van der Waals surface area contributed by atoms with E-state index in [9.17, 15) is 13.2 Å². The van der Waals surface area contributed by atoms with Crippen LogP contribution in [0.3, 0.4) is 0 Å². The van der Waals surface area contributed by atoms with Gasteiger partial charge in [0.25, 0.3) is 5.91 Å². The van der Waals surface area contributed by atoms with Crippen LogP contribution in [0.4, 0.5) is 5.69 Å². The predicted octanol–water partition coefficient (Wildman–Crippen LogP) is 4.51. The van der Waals surface area contributed by atoms with Gasteiger partial charge in [-0.05, 0) is 64.8 Å². The van der Waals surface area contributed by atoms with Gasteiger partial charge in [-0.15, -0.1) is 0 Å². The van der Waals surface area contributed by atoms with Crippen molar-refractivity contribution in [3.63, 3.8) is 0 Å². The van der Waals surface area contributed by atoms with E-state index in [1.165, 1.54) is 24.3 Å². The molecular weight excluding hydrogens is 468 g/mol. The summed E-state index contributed by atoms with van der Waals surface area (Å²) in [5, 5.41) is 2.74. The van der Waals surface area contributed by atoms with Crippen LogP contribution in [0.25, 0.3) is 0 Å². The summed E-state index contributed by atoms with van der Waals surface area (Å²) in [6, 6.07) is 22.1. The lowest BCUT2D eigenvalue weighted by Crippen LogP contribution is -2.26. The molecule has 156 valence electrons. The van der Waals surface area contributed by atoms with Crippen LogP contribution in [0, 0.1) is 0 Å². The molecule has 0 radical (unpaired) electrons. The number of anilines is 1. The second-order valence-electron chi connectivity index (χ2n) is 6.54. The first kappa shape index (κ1) is 22.0. The summed E-state index contributed by atoms with van der Waals surface area (Å²) in [4.78, 5) is 12.2. The van der Waals surface area contributed by atoms with E-state index in [1.54, 1.807) is 13.0 Å². The number of carbonyl (C=O) groups is 1. The number of carbonyl (C=O) groups excluding carboxylic acids is 1. The normalized spacial score (nSPS) is 12.2. The largest absolute Gasteiger partial charge is 0.484 e. The monoisotopic (exact) mass is 488 g/mol. The molecule has 0 aliphatic carbocycles. The molecule has 0 spiro atoms. The molecule has 0 bridgehead atoms. The average molecular weight is 489 g/mol. The summed E-state index contributed by atoms with van der Waals surface area (Å²) in [6.07, 6.45) is 0. The Morgan fingerprint density at radius 1 is 0.967 bits per heavy atom. The Labute approximate surface area is 184 Å². The Kier molecular flexibility index (Phi) is 7.25. The summed E-state index contributed by atoms with van der Waals surface area (Å²) in [6.45, 7) is 1.59. The highest BCUT2D eigenvalue weighted by Gasteiger charge is 2.18.